The van der Waals surface area contributed by atoms with Crippen LogP contribution in [-0.4, -0.2) is 36.9 Å². The summed E-state index contributed by atoms with van der Waals surface area (Å²) < 4.78 is 1.63. The number of carboxylic acid groups (broad SMARTS) is 1. The summed E-state index contributed by atoms with van der Waals surface area (Å²) in [6.45, 7) is 0.238. The Hall–Kier alpha value is -4.20. The van der Waals surface area contributed by atoms with Gasteiger partial charge in [0.2, 0.25) is 0 Å². The van der Waals surface area contributed by atoms with E-state index in [2.05, 4.69) is 15.5 Å². The average Bonchev–Trinajstić information content (AvgIpc) is 3.28. The number of amides is 1. The Labute approximate surface area is 171 Å². The summed E-state index contributed by atoms with van der Waals surface area (Å²) in [5, 5.41) is 31.3. The van der Waals surface area contributed by atoms with E-state index in [9.17, 15) is 14.7 Å². The van der Waals surface area contributed by atoms with Crippen molar-refractivity contribution >= 4 is 22.6 Å². The van der Waals surface area contributed by atoms with Crippen molar-refractivity contribution in [2.75, 3.05) is 0 Å². The number of fused-ring (bicyclic) bond motifs is 1. The molecule has 0 unspecified atom stereocenters. The van der Waals surface area contributed by atoms with Gasteiger partial charge in [-0.15, -0.1) is 10.2 Å². The van der Waals surface area contributed by atoms with E-state index < -0.39 is 5.97 Å². The van der Waals surface area contributed by atoms with Crippen molar-refractivity contribution in [1.29, 1.82) is 0 Å². The number of hydrogen-bond acceptors (Lipinski definition) is 5. The standard InChI is InChI=1S/C22H18N4O4/c27-20-17(9-14-1-3-16(4-2-14)22(29)30)7-5-15-6-8-18(10-19(15)20)21(28)23-11-26-12-24-25-13-26/h1-8,10,12-13,27H,9,11H2,(H,23,28)(H,29,30). The molecule has 0 radical (unpaired) electrons. The third-order valence-corrected chi connectivity index (χ3v) is 4.82. The van der Waals surface area contributed by atoms with Gasteiger partial charge in [0.15, 0.2) is 0 Å². The number of nitrogens with zero attached hydrogens (tertiary/aromatic N) is 3. The van der Waals surface area contributed by atoms with Crippen LogP contribution in [0.3, 0.4) is 0 Å². The molecule has 4 rings (SSSR count). The number of carboxylic acids is 1. The number of phenols is 1. The highest BCUT2D eigenvalue weighted by atomic mass is 16.4. The van der Waals surface area contributed by atoms with Crippen molar-refractivity contribution in [3.8, 4) is 5.75 Å². The molecule has 3 aromatic carbocycles. The summed E-state index contributed by atoms with van der Waals surface area (Å²) in [5.74, 6) is -1.16. The van der Waals surface area contributed by atoms with Crippen LogP contribution in [0.15, 0.2) is 67.3 Å². The van der Waals surface area contributed by atoms with Crippen LogP contribution in [0, 0.1) is 0 Å². The molecule has 30 heavy (non-hydrogen) atoms. The highest BCUT2D eigenvalue weighted by molar-refractivity contribution is 6.00. The van der Waals surface area contributed by atoms with E-state index in [1.54, 1.807) is 34.9 Å². The Balaban J connectivity index is 1.57. The fourth-order valence-electron chi connectivity index (χ4n) is 3.19. The SMILES string of the molecule is O=C(O)c1ccc(Cc2ccc3ccc(C(=O)NCn4cnnc4)cc3c2O)cc1. The average molecular weight is 402 g/mol. The summed E-state index contributed by atoms with van der Waals surface area (Å²) >= 11 is 0. The van der Waals surface area contributed by atoms with Gasteiger partial charge in [-0.3, -0.25) is 4.79 Å². The number of nitrogens with one attached hydrogen (secondary N) is 1. The normalized spacial score (nSPS) is 10.8. The van der Waals surface area contributed by atoms with Gasteiger partial charge in [-0.2, -0.15) is 0 Å². The number of hydrogen-bond donors (Lipinski definition) is 3. The van der Waals surface area contributed by atoms with E-state index in [1.807, 2.05) is 12.1 Å². The van der Waals surface area contributed by atoms with Crippen LogP contribution in [0.1, 0.15) is 31.8 Å². The predicted octanol–water partition coefficient (Wildman–Crippen LogP) is 2.81. The molecular formula is C22H18N4O4. The number of aromatic carboxylic acids is 1. The number of benzene rings is 3. The molecule has 0 saturated carbocycles. The topological polar surface area (TPSA) is 117 Å². The fourth-order valence-corrected chi connectivity index (χ4v) is 3.19. The number of rotatable bonds is 6. The molecule has 1 heterocycles. The Morgan fingerprint density at radius 2 is 1.60 bits per heavy atom. The lowest BCUT2D eigenvalue weighted by Crippen LogP contribution is -2.25. The van der Waals surface area contributed by atoms with Gasteiger partial charge in [-0.1, -0.05) is 30.3 Å². The zero-order chi connectivity index (χ0) is 21.1. The lowest BCUT2D eigenvalue weighted by Gasteiger charge is -2.11. The molecule has 0 aliphatic rings. The Morgan fingerprint density at radius 3 is 2.30 bits per heavy atom. The first-order valence-electron chi connectivity index (χ1n) is 9.19. The number of carbonyl (C=O) groups excluding carboxylic acids is 1. The lowest BCUT2D eigenvalue weighted by atomic mass is 9.98. The Morgan fingerprint density at radius 1 is 0.933 bits per heavy atom. The molecule has 8 nitrogen and oxygen atoms in total. The fraction of sp³-hybridized carbons (Fsp3) is 0.0909. The number of carbonyl (C=O) groups is 2. The monoisotopic (exact) mass is 402 g/mol. The minimum Gasteiger partial charge on any atom is -0.507 e. The maximum atomic E-state index is 12.5. The largest absolute Gasteiger partial charge is 0.507 e. The molecular weight excluding hydrogens is 384 g/mol. The minimum atomic E-state index is -0.981. The maximum Gasteiger partial charge on any atom is 0.335 e. The lowest BCUT2D eigenvalue weighted by molar-refractivity contribution is 0.0696. The van der Waals surface area contributed by atoms with E-state index in [-0.39, 0.29) is 23.9 Å². The van der Waals surface area contributed by atoms with Gasteiger partial charge in [0.25, 0.3) is 5.91 Å². The summed E-state index contributed by atoms with van der Waals surface area (Å²) in [7, 11) is 0. The molecule has 3 N–H and O–H groups in total. The molecule has 4 aromatic rings. The predicted molar refractivity (Wildman–Crippen MR) is 109 cm³/mol. The van der Waals surface area contributed by atoms with Gasteiger partial charge in [-0.25, -0.2) is 4.79 Å². The minimum absolute atomic E-state index is 0.100. The number of aromatic nitrogens is 3. The molecule has 0 fully saturated rings. The zero-order valence-corrected chi connectivity index (χ0v) is 15.8. The summed E-state index contributed by atoms with van der Waals surface area (Å²) in [5.41, 5.74) is 2.20. The van der Waals surface area contributed by atoms with E-state index in [0.29, 0.717) is 22.9 Å². The van der Waals surface area contributed by atoms with Crippen LogP contribution in [-0.2, 0) is 13.1 Å². The van der Waals surface area contributed by atoms with Crippen LogP contribution in [0.5, 0.6) is 5.75 Å². The molecule has 150 valence electrons. The maximum absolute atomic E-state index is 12.5. The molecule has 8 heteroatoms. The highest BCUT2D eigenvalue weighted by Crippen LogP contribution is 2.31. The smallest absolute Gasteiger partial charge is 0.335 e. The van der Waals surface area contributed by atoms with Crippen molar-refractivity contribution in [3.05, 3.63) is 89.5 Å². The van der Waals surface area contributed by atoms with Crippen LogP contribution in [0.2, 0.25) is 0 Å². The van der Waals surface area contributed by atoms with E-state index in [1.165, 1.54) is 24.8 Å². The first-order valence-corrected chi connectivity index (χ1v) is 9.19. The van der Waals surface area contributed by atoms with Gasteiger partial charge in [0, 0.05) is 17.4 Å². The summed E-state index contributed by atoms with van der Waals surface area (Å²) in [4.78, 5) is 23.5. The zero-order valence-electron chi connectivity index (χ0n) is 15.8. The molecule has 0 atom stereocenters. The van der Waals surface area contributed by atoms with Gasteiger partial charge in [0.05, 0.1) is 12.2 Å². The molecule has 0 spiro atoms. The molecule has 1 aromatic heterocycles. The molecule has 0 aliphatic heterocycles. The first-order chi connectivity index (χ1) is 14.5. The first kappa shape index (κ1) is 19.1. The molecule has 0 aliphatic carbocycles. The third-order valence-electron chi connectivity index (χ3n) is 4.82. The van der Waals surface area contributed by atoms with Crippen molar-refractivity contribution in [3.63, 3.8) is 0 Å². The van der Waals surface area contributed by atoms with Gasteiger partial charge in [-0.05, 0) is 40.8 Å². The van der Waals surface area contributed by atoms with Crippen molar-refractivity contribution < 1.29 is 19.8 Å². The van der Waals surface area contributed by atoms with Crippen LogP contribution < -0.4 is 5.32 Å². The molecule has 0 bridgehead atoms. The van der Waals surface area contributed by atoms with Gasteiger partial charge >= 0.3 is 5.97 Å². The van der Waals surface area contributed by atoms with E-state index in [0.717, 1.165) is 10.9 Å². The van der Waals surface area contributed by atoms with Crippen molar-refractivity contribution in [2.45, 2.75) is 13.1 Å². The second-order valence-corrected chi connectivity index (χ2v) is 6.83. The van der Waals surface area contributed by atoms with Crippen molar-refractivity contribution in [1.82, 2.24) is 20.1 Å². The summed E-state index contributed by atoms with van der Waals surface area (Å²) in [6.07, 6.45) is 3.44. The van der Waals surface area contributed by atoms with Crippen LogP contribution >= 0.6 is 0 Å². The molecule has 1 amide bonds. The number of phenolic OH excluding ortho intramolecular Hbond substituents is 1. The highest BCUT2D eigenvalue weighted by Gasteiger charge is 2.12. The van der Waals surface area contributed by atoms with Gasteiger partial charge < -0.3 is 20.1 Å². The summed E-state index contributed by atoms with van der Waals surface area (Å²) in [6, 6.07) is 15.4. The van der Waals surface area contributed by atoms with E-state index >= 15 is 0 Å². The van der Waals surface area contributed by atoms with Gasteiger partial charge in [0.1, 0.15) is 18.4 Å². The Bertz CT molecular complexity index is 1220. The molecule has 0 saturated heterocycles. The van der Waals surface area contributed by atoms with Crippen molar-refractivity contribution in [2.24, 2.45) is 0 Å². The van der Waals surface area contributed by atoms with Crippen LogP contribution in [0.25, 0.3) is 10.8 Å². The third kappa shape index (κ3) is 3.97. The second kappa shape index (κ2) is 8.04. The number of aromatic hydroxyl groups is 1. The Kier molecular flexibility index (Phi) is 5.13. The van der Waals surface area contributed by atoms with E-state index in [4.69, 9.17) is 5.11 Å². The quantitative estimate of drug-likeness (QED) is 0.457. The second-order valence-electron chi connectivity index (χ2n) is 6.83. The van der Waals surface area contributed by atoms with Crippen LogP contribution in [0.4, 0.5) is 0 Å².